The smallest absolute Gasteiger partial charge is 0.258 e. The van der Waals surface area contributed by atoms with Crippen LogP contribution in [0.3, 0.4) is 0 Å². The third-order valence-corrected chi connectivity index (χ3v) is 6.85. The molecule has 0 radical (unpaired) electrons. The second kappa shape index (κ2) is 11.7. The van der Waals surface area contributed by atoms with Gasteiger partial charge < -0.3 is 34.5 Å². The number of amides is 3. The van der Waals surface area contributed by atoms with E-state index in [9.17, 15) is 14.4 Å². The lowest BCUT2D eigenvalue weighted by molar-refractivity contribution is -0.131. The lowest BCUT2D eigenvalue weighted by atomic mass is 10.1. The summed E-state index contributed by atoms with van der Waals surface area (Å²) in [6, 6.07) is 11.9. The van der Waals surface area contributed by atoms with Crippen molar-refractivity contribution in [3.8, 4) is 17.2 Å². The number of benzene rings is 2. The van der Waals surface area contributed by atoms with Crippen molar-refractivity contribution >= 4 is 17.7 Å². The van der Waals surface area contributed by atoms with Gasteiger partial charge in [-0.2, -0.15) is 0 Å². The lowest BCUT2D eigenvalue weighted by Crippen LogP contribution is -2.45. The number of nitrogens with zero attached hydrogens (tertiary/aromatic N) is 1. The van der Waals surface area contributed by atoms with Crippen molar-refractivity contribution in [2.24, 2.45) is 5.92 Å². The minimum atomic E-state index is -0.447. The lowest BCUT2D eigenvalue weighted by Gasteiger charge is -2.21. The van der Waals surface area contributed by atoms with E-state index >= 15 is 0 Å². The summed E-state index contributed by atoms with van der Waals surface area (Å²) in [6.45, 7) is 1.69. The van der Waals surface area contributed by atoms with Crippen molar-refractivity contribution in [2.75, 3.05) is 40.0 Å². The van der Waals surface area contributed by atoms with Crippen LogP contribution in [0.2, 0.25) is 0 Å². The van der Waals surface area contributed by atoms with Crippen LogP contribution in [0.25, 0.3) is 0 Å². The predicted molar refractivity (Wildman–Crippen MR) is 137 cm³/mol. The standard InChI is InChI=1S/C28H33N3O7/c1-35-9-8-27(33)31-14-24-25(15-31)38-21-6-4-18(5-7-21)13-29-26(32)17-37-23-11-20(28(34)30-24)10-22(12-23)36-16-19-2-3-19/h4-7,10-12,19,24-25H,2-3,8-9,13-17H2,1H3,(H,29,32)(H,30,34)/t24-,25-/m0/s1. The zero-order valence-corrected chi connectivity index (χ0v) is 21.4. The van der Waals surface area contributed by atoms with E-state index in [1.165, 1.54) is 0 Å². The predicted octanol–water partition coefficient (Wildman–Crippen LogP) is 1.91. The van der Waals surface area contributed by atoms with Crippen LogP contribution < -0.4 is 24.8 Å². The van der Waals surface area contributed by atoms with Crippen molar-refractivity contribution in [1.82, 2.24) is 15.5 Å². The van der Waals surface area contributed by atoms with E-state index in [1.807, 2.05) is 24.3 Å². The minimum absolute atomic E-state index is 0.0587. The molecule has 6 rings (SSSR count). The van der Waals surface area contributed by atoms with Crippen LogP contribution in [0, 0.1) is 5.92 Å². The molecule has 0 unspecified atom stereocenters. The fourth-order valence-electron chi connectivity index (χ4n) is 4.46. The molecule has 1 saturated heterocycles. The Morgan fingerprint density at radius 1 is 1.08 bits per heavy atom. The first-order valence-corrected chi connectivity index (χ1v) is 13.0. The molecular weight excluding hydrogens is 490 g/mol. The second-order valence-electron chi connectivity index (χ2n) is 9.93. The Morgan fingerprint density at radius 2 is 1.89 bits per heavy atom. The zero-order valence-electron chi connectivity index (χ0n) is 21.4. The van der Waals surface area contributed by atoms with Crippen LogP contribution in [0.15, 0.2) is 42.5 Å². The quantitative estimate of drug-likeness (QED) is 0.594. The number of ether oxygens (including phenoxy) is 4. The number of likely N-dealkylation sites (tertiary alicyclic amines) is 1. The molecule has 38 heavy (non-hydrogen) atoms. The maximum atomic E-state index is 13.4. The number of carbonyl (C=O) groups is 3. The molecule has 4 bridgehead atoms. The van der Waals surface area contributed by atoms with E-state index in [-0.39, 0.29) is 30.7 Å². The Balaban J connectivity index is 1.41. The fourth-order valence-corrected chi connectivity index (χ4v) is 4.46. The number of hydrogen-bond donors (Lipinski definition) is 2. The third-order valence-electron chi connectivity index (χ3n) is 6.85. The molecule has 2 atom stereocenters. The van der Waals surface area contributed by atoms with Crippen molar-refractivity contribution < 1.29 is 33.3 Å². The molecule has 1 saturated carbocycles. The van der Waals surface area contributed by atoms with E-state index < -0.39 is 12.1 Å². The number of fused-ring (bicyclic) bond motifs is 7. The molecule has 2 N–H and O–H groups in total. The molecule has 10 nitrogen and oxygen atoms in total. The Hall–Kier alpha value is -3.79. The highest BCUT2D eigenvalue weighted by molar-refractivity contribution is 5.95. The number of methoxy groups -OCH3 is 1. The van der Waals surface area contributed by atoms with Gasteiger partial charge in [-0.05, 0) is 48.6 Å². The van der Waals surface area contributed by atoms with Crippen LogP contribution in [-0.4, -0.2) is 74.8 Å². The molecule has 2 aromatic carbocycles. The summed E-state index contributed by atoms with van der Waals surface area (Å²) in [5.41, 5.74) is 1.24. The molecule has 3 amide bonds. The first-order valence-electron chi connectivity index (χ1n) is 13.0. The van der Waals surface area contributed by atoms with Gasteiger partial charge in [-0.25, -0.2) is 0 Å². The van der Waals surface area contributed by atoms with Gasteiger partial charge >= 0.3 is 0 Å². The van der Waals surface area contributed by atoms with Crippen molar-refractivity contribution in [1.29, 1.82) is 0 Å². The van der Waals surface area contributed by atoms with Crippen molar-refractivity contribution in [2.45, 2.75) is 38.0 Å². The summed E-state index contributed by atoms with van der Waals surface area (Å²) in [6.07, 6.45) is 2.07. The van der Waals surface area contributed by atoms with Gasteiger partial charge in [0.2, 0.25) is 5.91 Å². The van der Waals surface area contributed by atoms with Crippen molar-refractivity contribution in [3.05, 3.63) is 53.6 Å². The van der Waals surface area contributed by atoms with Crippen LogP contribution in [0.1, 0.15) is 35.2 Å². The highest BCUT2D eigenvalue weighted by Gasteiger charge is 2.38. The first kappa shape index (κ1) is 25.8. The summed E-state index contributed by atoms with van der Waals surface area (Å²) in [7, 11) is 1.56. The Labute approximate surface area is 221 Å². The third kappa shape index (κ3) is 6.74. The van der Waals surface area contributed by atoms with Gasteiger partial charge in [-0.3, -0.25) is 14.4 Å². The molecule has 202 valence electrons. The Morgan fingerprint density at radius 3 is 2.66 bits per heavy atom. The van der Waals surface area contributed by atoms with Gasteiger partial charge in [-0.1, -0.05) is 12.1 Å². The fraction of sp³-hybridized carbons (Fsp3) is 0.464. The van der Waals surface area contributed by atoms with Gasteiger partial charge in [0.1, 0.15) is 23.4 Å². The van der Waals surface area contributed by atoms with E-state index in [2.05, 4.69) is 10.6 Å². The molecule has 0 spiro atoms. The normalized spacial score (nSPS) is 21.4. The van der Waals surface area contributed by atoms with Gasteiger partial charge in [0.05, 0.1) is 32.2 Å². The topological polar surface area (TPSA) is 115 Å². The average Bonchev–Trinajstić information content (AvgIpc) is 3.68. The number of rotatable bonds is 6. The number of carbonyl (C=O) groups excluding carboxylic acids is 3. The summed E-state index contributed by atoms with van der Waals surface area (Å²) in [5, 5.41) is 5.88. The molecule has 0 aromatic heterocycles. The van der Waals surface area contributed by atoms with Gasteiger partial charge in [-0.15, -0.1) is 0 Å². The summed E-state index contributed by atoms with van der Waals surface area (Å²) >= 11 is 0. The molecule has 3 heterocycles. The van der Waals surface area contributed by atoms with E-state index in [4.69, 9.17) is 18.9 Å². The summed E-state index contributed by atoms with van der Waals surface area (Å²) in [4.78, 5) is 40.2. The minimum Gasteiger partial charge on any atom is -0.493 e. The van der Waals surface area contributed by atoms with E-state index in [0.29, 0.717) is 61.6 Å². The molecule has 1 aliphatic carbocycles. The monoisotopic (exact) mass is 523 g/mol. The molecular formula is C28H33N3O7. The van der Waals surface area contributed by atoms with Gasteiger partial charge in [0.15, 0.2) is 6.61 Å². The molecule has 2 fully saturated rings. The zero-order chi connectivity index (χ0) is 26.5. The van der Waals surface area contributed by atoms with E-state index in [0.717, 1.165) is 18.4 Å². The summed E-state index contributed by atoms with van der Waals surface area (Å²) in [5.74, 6) is 1.33. The molecule has 10 heteroatoms. The average molecular weight is 524 g/mol. The molecule has 3 aliphatic heterocycles. The second-order valence-corrected chi connectivity index (χ2v) is 9.93. The molecule has 4 aliphatic rings. The summed E-state index contributed by atoms with van der Waals surface area (Å²) < 4.78 is 23.0. The van der Waals surface area contributed by atoms with Gasteiger partial charge in [0.25, 0.3) is 11.8 Å². The maximum Gasteiger partial charge on any atom is 0.258 e. The van der Waals surface area contributed by atoms with Crippen LogP contribution in [-0.2, 0) is 20.9 Å². The van der Waals surface area contributed by atoms with Crippen molar-refractivity contribution in [3.63, 3.8) is 0 Å². The Kier molecular flexibility index (Phi) is 7.97. The van der Waals surface area contributed by atoms with Crippen LogP contribution in [0.5, 0.6) is 17.2 Å². The first-order chi connectivity index (χ1) is 18.5. The number of nitrogens with one attached hydrogen (secondary N) is 2. The Bertz CT molecular complexity index is 1170. The molecule has 2 aromatic rings. The maximum absolute atomic E-state index is 13.4. The number of hydrogen-bond acceptors (Lipinski definition) is 7. The highest BCUT2D eigenvalue weighted by atomic mass is 16.5. The highest BCUT2D eigenvalue weighted by Crippen LogP contribution is 2.31. The SMILES string of the molecule is COCCC(=O)N1C[C@@H]2NC(=O)c3cc(cc(OCC4CC4)c3)OCC(=O)NCc3ccc(cc3)O[C@H]2C1. The largest absolute Gasteiger partial charge is 0.493 e. The van der Waals surface area contributed by atoms with Crippen LogP contribution >= 0.6 is 0 Å². The van der Waals surface area contributed by atoms with Gasteiger partial charge in [0, 0.05) is 31.8 Å². The van der Waals surface area contributed by atoms with Crippen LogP contribution in [0.4, 0.5) is 0 Å². The van der Waals surface area contributed by atoms with E-state index in [1.54, 1.807) is 30.2 Å².